The van der Waals surface area contributed by atoms with Gasteiger partial charge in [0.05, 0.1) is 0 Å². The summed E-state index contributed by atoms with van der Waals surface area (Å²) in [5.74, 6) is -0.482. The second-order valence-corrected chi connectivity index (χ2v) is 7.80. The first kappa shape index (κ1) is 23.2. The summed E-state index contributed by atoms with van der Waals surface area (Å²) in [5.41, 5.74) is -1.41. The van der Waals surface area contributed by atoms with Crippen molar-refractivity contribution in [3.05, 3.63) is 29.3 Å². The molecule has 1 aliphatic heterocycles. The second kappa shape index (κ2) is 9.15. The van der Waals surface area contributed by atoms with Crippen molar-refractivity contribution in [2.24, 2.45) is 5.10 Å². The molecule has 1 aliphatic rings. The van der Waals surface area contributed by atoms with Gasteiger partial charge < -0.3 is 9.84 Å². The monoisotopic (exact) mass is 414 g/mol. The number of carbonyl (C=O) groups is 1. The highest BCUT2D eigenvalue weighted by Crippen LogP contribution is 2.41. The Morgan fingerprint density at radius 3 is 2.62 bits per heavy atom. The summed E-state index contributed by atoms with van der Waals surface area (Å²) in [5, 5.41) is 14.2. The van der Waals surface area contributed by atoms with Crippen molar-refractivity contribution < 1.29 is 27.8 Å². The Morgan fingerprint density at radius 2 is 2.03 bits per heavy atom. The maximum atomic E-state index is 13.5. The summed E-state index contributed by atoms with van der Waals surface area (Å²) in [6.07, 6.45) is -3.04. The molecule has 0 unspecified atom stereocenters. The smallest absolute Gasteiger partial charge is 0.438 e. The Hall–Kier alpha value is -2.09. The average Bonchev–Trinajstić information content (AvgIpc) is 2.97. The zero-order valence-electron chi connectivity index (χ0n) is 17.3. The quantitative estimate of drug-likeness (QED) is 0.615. The summed E-state index contributed by atoms with van der Waals surface area (Å²) in [6.45, 7) is 7.10. The van der Waals surface area contributed by atoms with E-state index in [0.29, 0.717) is 18.6 Å². The predicted molar refractivity (Wildman–Crippen MR) is 105 cm³/mol. The molecule has 0 spiro atoms. The number of nitrogens with zero attached hydrogens (tertiary/aromatic N) is 2. The summed E-state index contributed by atoms with van der Waals surface area (Å²) >= 11 is 0. The van der Waals surface area contributed by atoms with E-state index >= 15 is 0 Å². The Bertz CT molecular complexity index is 762. The first-order chi connectivity index (χ1) is 13.5. The van der Waals surface area contributed by atoms with E-state index in [1.165, 1.54) is 0 Å². The fourth-order valence-electron chi connectivity index (χ4n) is 3.26. The molecular formula is C21H29F3N2O3. The van der Waals surface area contributed by atoms with Gasteiger partial charge in [-0.15, -0.1) is 0 Å². The van der Waals surface area contributed by atoms with E-state index in [-0.39, 0.29) is 16.6 Å². The lowest BCUT2D eigenvalue weighted by Crippen LogP contribution is -2.57. The molecule has 0 aromatic heterocycles. The molecule has 1 heterocycles. The maximum absolute atomic E-state index is 13.5. The van der Waals surface area contributed by atoms with Crippen LogP contribution in [0.1, 0.15) is 69.9 Å². The SMILES string of the molecule is CCCCCC1=NN(C(=O)COc2cc(C)ccc2C(C)C)[C@](O)(C(F)(F)F)C1. The zero-order chi connectivity index (χ0) is 21.8. The lowest BCUT2D eigenvalue weighted by Gasteiger charge is -2.32. The van der Waals surface area contributed by atoms with Crippen LogP contribution in [0, 0.1) is 6.92 Å². The van der Waals surface area contributed by atoms with E-state index in [0.717, 1.165) is 24.0 Å². The van der Waals surface area contributed by atoms with Gasteiger partial charge in [0.25, 0.3) is 11.6 Å². The summed E-state index contributed by atoms with van der Waals surface area (Å²) in [4.78, 5) is 12.6. The van der Waals surface area contributed by atoms with Crippen LogP contribution in [-0.4, -0.2) is 40.2 Å². The van der Waals surface area contributed by atoms with E-state index in [1.54, 1.807) is 6.07 Å². The van der Waals surface area contributed by atoms with Crippen LogP contribution in [0.2, 0.25) is 0 Å². The number of hydrazone groups is 1. The highest BCUT2D eigenvalue weighted by atomic mass is 19.4. The Balaban J connectivity index is 2.19. The summed E-state index contributed by atoms with van der Waals surface area (Å²) < 4.78 is 46.2. The van der Waals surface area contributed by atoms with Gasteiger partial charge in [-0.3, -0.25) is 4.79 Å². The second-order valence-electron chi connectivity index (χ2n) is 7.80. The van der Waals surface area contributed by atoms with Crippen molar-refractivity contribution in [2.75, 3.05) is 6.61 Å². The minimum absolute atomic E-state index is 0.114. The molecule has 2 rings (SSSR count). The fourth-order valence-corrected chi connectivity index (χ4v) is 3.26. The molecule has 0 bridgehead atoms. The minimum Gasteiger partial charge on any atom is -0.483 e. The Kier molecular flexibility index (Phi) is 7.32. The van der Waals surface area contributed by atoms with Gasteiger partial charge >= 0.3 is 6.18 Å². The van der Waals surface area contributed by atoms with Crippen molar-refractivity contribution in [3.63, 3.8) is 0 Å². The van der Waals surface area contributed by atoms with Crippen LogP contribution in [0.15, 0.2) is 23.3 Å². The van der Waals surface area contributed by atoms with Crippen LogP contribution in [0.25, 0.3) is 0 Å². The molecule has 1 aromatic rings. The number of alkyl halides is 3. The molecule has 8 heteroatoms. The van der Waals surface area contributed by atoms with Crippen LogP contribution < -0.4 is 4.74 Å². The third kappa shape index (κ3) is 5.29. The molecule has 1 aromatic carbocycles. The average molecular weight is 414 g/mol. The van der Waals surface area contributed by atoms with Crippen LogP contribution in [0.3, 0.4) is 0 Å². The predicted octanol–water partition coefficient (Wildman–Crippen LogP) is 4.92. The molecule has 162 valence electrons. The molecule has 1 N–H and O–H groups in total. The van der Waals surface area contributed by atoms with Crippen LogP contribution in [-0.2, 0) is 4.79 Å². The molecule has 5 nitrogen and oxygen atoms in total. The van der Waals surface area contributed by atoms with Gasteiger partial charge in [-0.05, 0) is 42.9 Å². The van der Waals surface area contributed by atoms with E-state index in [9.17, 15) is 23.1 Å². The number of ether oxygens (including phenoxy) is 1. The number of hydrogen-bond acceptors (Lipinski definition) is 4. The number of aryl methyl sites for hydroxylation is 1. The third-order valence-electron chi connectivity index (χ3n) is 4.94. The van der Waals surface area contributed by atoms with Gasteiger partial charge in [-0.25, -0.2) is 0 Å². The Morgan fingerprint density at radius 1 is 1.34 bits per heavy atom. The van der Waals surface area contributed by atoms with E-state index in [2.05, 4.69) is 5.10 Å². The minimum atomic E-state index is -5.02. The van der Waals surface area contributed by atoms with Crippen LogP contribution >= 0.6 is 0 Å². The highest BCUT2D eigenvalue weighted by molar-refractivity contribution is 5.91. The van der Waals surface area contributed by atoms with Gasteiger partial charge in [-0.2, -0.15) is 23.3 Å². The van der Waals surface area contributed by atoms with Gasteiger partial charge in [0, 0.05) is 12.1 Å². The van der Waals surface area contributed by atoms with E-state index in [4.69, 9.17) is 4.74 Å². The molecule has 0 fully saturated rings. The first-order valence-electron chi connectivity index (χ1n) is 9.91. The standard InChI is InChI=1S/C21H29F3N2O3/c1-5-6-7-8-16-12-20(28,21(22,23)24)26(25-16)19(27)13-29-18-11-15(4)9-10-17(18)14(2)3/h9-11,14,28H,5-8,12-13H2,1-4H3/t20-/m1/s1. The number of hydrogen-bond donors (Lipinski definition) is 1. The number of rotatable bonds is 8. The van der Waals surface area contributed by atoms with E-state index in [1.807, 2.05) is 39.8 Å². The first-order valence-corrected chi connectivity index (χ1v) is 9.91. The Labute approximate surface area is 169 Å². The lowest BCUT2D eigenvalue weighted by molar-refractivity contribution is -0.302. The van der Waals surface area contributed by atoms with Crippen LogP contribution in [0.4, 0.5) is 13.2 Å². The zero-order valence-corrected chi connectivity index (χ0v) is 17.3. The molecule has 0 saturated carbocycles. The van der Waals surface area contributed by atoms with Gasteiger partial charge in [-0.1, -0.05) is 45.7 Å². The van der Waals surface area contributed by atoms with Crippen molar-refractivity contribution in [2.45, 2.75) is 77.6 Å². The highest BCUT2D eigenvalue weighted by Gasteiger charge is 2.63. The molecule has 1 amide bonds. The third-order valence-corrected chi connectivity index (χ3v) is 4.94. The molecule has 29 heavy (non-hydrogen) atoms. The number of amides is 1. The largest absolute Gasteiger partial charge is 0.483 e. The maximum Gasteiger partial charge on any atom is 0.438 e. The van der Waals surface area contributed by atoms with Crippen molar-refractivity contribution in [3.8, 4) is 5.75 Å². The molecular weight excluding hydrogens is 385 g/mol. The summed E-state index contributed by atoms with van der Waals surface area (Å²) in [6, 6.07) is 5.51. The van der Waals surface area contributed by atoms with Gasteiger partial charge in [0.2, 0.25) is 0 Å². The fraction of sp³-hybridized carbons (Fsp3) is 0.619. The number of halogens is 3. The summed E-state index contributed by atoms with van der Waals surface area (Å²) in [7, 11) is 0. The number of carbonyl (C=O) groups excluding carboxylic acids is 1. The number of aliphatic hydroxyl groups is 1. The van der Waals surface area contributed by atoms with Crippen molar-refractivity contribution >= 4 is 11.6 Å². The molecule has 0 saturated heterocycles. The van der Waals surface area contributed by atoms with Crippen LogP contribution in [0.5, 0.6) is 5.75 Å². The molecule has 0 aliphatic carbocycles. The molecule has 0 radical (unpaired) electrons. The molecule has 1 atom stereocenters. The normalized spacial score (nSPS) is 19.6. The van der Waals surface area contributed by atoms with Crippen molar-refractivity contribution in [1.82, 2.24) is 5.01 Å². The number of benzene rings is 1. The topological polar surface area (TPSA) is 62.1 Å². The van der Waals surface area contributed by atoms with Gasteiger partial charge in [0.15, 0.2) is 6.61 Å². The van der Waals surface area contributed by atoms with Crippen molar-refractivity contribution in [1.29, 1.82) is 0 Å². The van der Waals surface area contributed by atoms with Gasteiger partial charge in [0.1, 0.15) is 5.75 Å². The van der Waals surface area contributed by atoms with E-state index < -0.39 is 30.8 Å². The lowest BCUT2D eigenvalue weighted by atomic mass is 10.0. The number of unbranched alkanes of at least 4 members (excludes halogenated alkanes) is 2.